The molecule has 140 valence electrons. The van der Waals surface area contributed by atoms with Crippen LogP contribution in [0.15, 0.2) is 54.6 Å². The minimum absolute atomic E-state index is 0.171. The summed E-state index contributed by atoms with van der Waals surface area (Å²) in [5.41, 5.74) is 3.46. The molecule has 3 aromatic rings. The van der Waals surface area contributed by atoms with Gasteiger partial charge in [0.1, 0.15) is 0 Å². The van der Waals surface area contributed by atoms with Gasteiger partial charge in [0.05, 0.1) is 11.2 Å². The molecular weight excluding hydrogens is 334 g/mol. The zero-order valence-electron chi connectivity index (χ0n) is 16.1. The van der Waals surface area contributed by atoms with Gasteiger partial charge in [-0.2, -0.15) is 4.68 Å². The van der Waals surface area contributed by atoms with Gasteiger partial charge >= 0.3 is 0 Å². The first kappa shape index (κ1) is 17.9. The highest BCUT2D eigenvalue weighted by molar-refractivity contribution is 5.36. The number of benzene rings is 2. The molecule has 1 aromatic heterocycles. The maximum atomic E-state index is 4.46. The second-order valence-electron chi connectivity index (χ2n) is 7.79. The molecule has 0 spiro atoms. The molecule has 5 heteroatoms. The van der Waals surface area contributed by atoms with E-state index in [1.165, 1.54) is 24.0 Å². The normalized spacial score (nSPS) is 16.1. The van der Waals surface area contributed by atoms with E-state index in [1.54, 1.807) is 0 Å². The number of aromatic nitrogens is 4. The Hall–Kier alpha value is -2.53. The highest BCUT2D eigenvalue weighted by Crippen LogP contribution is 2.38. The summed E-state index contributed by atoms with van der Waals surface area (Å²) in [6.45, 7) is 5.23. The molecule has 0 atom stereocenters. The number of hydrogen-bond acceptors (Lipinski definition) is 4. The van der Waals surface area contributed by atoms with Crippen molar-refractivity contribution in [2.75, 3.05) is 0 Å². The van der Waals surface area contributed by atoms with Crippen molar-refractivity contribution in [3.05, 3.63) is 71.5 Å². The predicted octanol–water partition coefficient (Wildman–Crippen LogP) is 4.34. The molecule has 0 unspecified atom stereocenters. The van der Waals surface area contributed by atoms with Gasteiger partial charge < -0.3 is 5.32 Å². The van der Waals surface area contributed by atoms with Crippen LogP contribution in [0.4, 0.5) is 0 Å². The molecule has 0 radical (unpaired) electrons. The SMILES string of the molecule is CC(C)c1ccc(-n2nnnc2C2(NCc3ccccc3)CCCC2)cc1. The summed E-state index contributed by atoms with van der Waals surface area (Å²) < 4.78 is 1.91. The van der Waals surface area contributed by atoms with Crippen molar-refractivity contribution in [3.8, 4) is 5.69 Å². The summed E-state index contributed by atoms with van der Waals surface area (Å²) in [7, 11) is 0. The summed E-state index contributed by atoms with van der Waals surface area (Å²) in [5, 5.41) is 16.6. The molecular formula is C22H27N5. The second-order valence-corrected chi connectivity index (χ2v) is 7.79. The molecule has 1 aliphatic rings. The van der Waals surface area contributed by atoms with Crippen molar-refractivity contribution in [1.82, 2.24) is 25.5 Å². The summed E-state index contributed by atoms with van der Waals surface area (Å²) in [6, 6.07) is 19.1. The van der Waals surface area contributed by atoms with Crippen LogP contribution >= 0.6 is 0 Å². The molecule has 0 aliphatic heterocycles. The average Bonchev–Trinajstić information content (AvgIpc) is 3.37. The van der Waals surface area contributed by atoms with Crippen LogP contribution in [-0.2, 0) is 12.1 Å². The highest BCUT2D eigenvalue weighted by Gasteiger charge is 2.40. The first-order valence-electron chi connectivity index (χ1n) is 9.86. The van der Waals surface area contributed by atoms with Crippen molar-refractivity contribution < 1.29 is 0 Å². The van der Waals surface area contributed by atoms with Gasteiger partial charge in [0, 0.05) is 6.54 Å². The van der Waals surface area contributed by atoms with E-state index in [1.807, 2.05) is 4.68 Å². The van der Waals surface area contributed by atoms with Crippen LogP contribution in [-0.4, -0.2) is 20.2 Å². The Morgan fingerprint density at radius 1 is 1.00 bits per heavy atom. The standard InChI is InChI=1S/C22H27N5/c1-17(2)19-10-12-20(13-11-19)27-21(24-25-26-27)22(14-6-7-15-22)23-16-18-8-4-3-5-9-18/h3-5,8-13,17,23H,6-7,14-16H2,1-2H3. The van der Waals surface area contributed by atoms with Crippen LogP contribution in [0.3, 0.4) is 0 Å². The Kier molecular flexibility index (Phi) is 5.03. The van der Waals surface area contributed by atoms with Crippen LogP contribution in [0.1, 0.15) is 62.4 Å². The molecule has 1 heterocycles. The third-order valence-corrected chi connectivity index (χ3v) is 5.63. The fourth-order valence-corrected chi connectivity index (χ4v) is 3.98. The number of rotatable bonds is 6. The van der Waals surface area contributed by atoms with E-state index in [-0.39, 0.29) is 5.54 Å². The molecule has 2 aromatic carbocycles. The number of hydrogen-bond donors (Lipinski definition) is 1. The van der Waals surface area contributed by atoms with E-state index in [4.69, 9.17) is 0 Å². The quantitative estimate of drug-likeness (QED) is 0.709. The number of nitrogens with zero attached hydrogens (tertiary/aromatic N) is 4. The van der Waals surface area contributed by atoms with E-state index >= 15 is 0 Å². The summed E-state index contributed by atoms with van der Waals surface area (Å²) in [4.78, 5) is 0. The summed E-state index contributed by atoms with van der Waals surface area (Å²) in [5.74, 6) is 1.44. The van der Waals surface area contributed by atoms with Crippen molar-refractivity contribution >= 4 is 0 Å². The number of nitrogens with one attached hydrogen (secondary N) is 1. The monoisotopic (exact) mass is 361 g/mol. The minimum Gasteiger partial charge on any atom is -0.301 e. The van der Waals surface area contributed by atoms with Gasteiger partial charge in [0.15, 0.2) is 5.82 Å². The molecule has 1 fully saturated rings. The average molecular weight is 361 g/mol. The Morgan fingerprint density at radius 2 is 1.70 bits per heavy atom. The fraction of sp³-hybridized carbons (Fsp3) is 0.409. The van der Waals surface area contributed by atoms with Gasteiger partial charge in [-0.05, 0) is 52.4 Å². The molecule has 27 heavy (non-hydrogen) atoms. The Labute approximate surface area is 160 Å². The lowest BCUT2D eigenvalue weighted by molar-refractivity contribution is 0.312. The van der Waals surface area contributed by atoms with Crippen LogP contribution < -0.4 is 5.32 Å². The van der Waals surface area contributed by atoms with Crippen molar-refractivity contribution in [1.29, 1.82) is 0 Å². The van der Waals surface area contributed by atoms with E-state index in [9.17, 15) is 0 Å². The molecule has 5 nitrogen and oxygen atoms in total. The first-order valence-corrected chi connectivity index (χ1v) is 9.86. The van der Waals surface area contributed by atoms with Gasteiger partial charge in [-0.3, -0.25) is 0 Å². The van der Waals surface area contributed by atoms with Gasteiger partial charge in [0.25, 0.3) is 0 Å². The maximum Gasteiger partial charge on any atom is 0.176 e. The van der Waals surface area contributed by atoms with Gasteiger partial charge in [0.2, 0.25) is 0 Å². The zero-order valence-corrected chi connectivity index (χ0v) is 16.1. The van der Waals surface area contributed by atoms with Crippen LogP contribution in [0, 0.1) is 0 Å². The van der Waals surface area contributed by atoms with Gasteiger partial charge in [-0.15, -0.1) is 5.10 Å². The van der Waals surface area contributed by atoms with E-state index < -0.39 is 0 Å². The van der Waals surface area contributed by atoms with E-state index in [2.05, 4.69) is 89.3 Å². The van der Waals surface area contributed by atoms with Gasteiger partial charge in [-0.1, -0.05) is 69.2 Å². The van der Waals surface area contributed by atoms with Crippen LogP contribution in [0.2, 0.25) is 0 Å². The Bertz CT molecular complexity index is 861. The molecule has 0 amide bonds. The molecule has 0 saturated heterocycles. The fourth-order valence-electron chi connectivity index (χ4n) is 3.98. The third-order valence-electron chi connectivity index (χ3n) is 5.63. The minimum atomic E-state index is -0.171. The summed E-state index contributed by atoms with van der Waals surface area (Å²) >= 11 is 0. The lowest BCUT2D eigenvalue weighted by atomic mass is 9.95. The topological polar surface area (TPSA) is 55.6 Å². The third kappa shape index (κ3) is 3.65. The lowest BCUT2D eigenvalue weighted by Crippen LogP contribution is -2.41. The van der Waals surface area contributed by atoms with E-state index in [0.29, 0.717) is 5.92 Å². The van der Waals surface area contributed by atoms with Crippen molar-refractivity contribution in [2.45, 2.75) is 57.5 Å². The molecule has 1 saturated carbocycles. The largest absolute Gasteiger partial charge is 0.301 e. The molecule has 1 aliphatic carbocycles. The van der Waals surface area contributed by atoms with Gasteiger partial charge in [-0.25, -0.2) is 0 Å². The Morgan fingerprint density at radius 3 is 2.37 bits per heavy atom. The summed E-state index contributed by atoms with van der Waals surface area (Å²) in [6.07, 6.45) is 4.51. The molecule has 1 N–H and O–H groups in total. The highest BCUT2D eigenvalue weighted by atomic mass is 15.6. The zero-order chi connectivity index (χ0) is 18.7. The van der Waals surface area contributed by atoms with Crippen LogP contribution in [0.5, 0.6) is 0 Å². The molecule has 4 rings (SSSR count). The van der Waals surface area contributed by atoms with Crippen molar-refractivity contribution in [3.63, 3.8) is 0 Å². The smallest absolute Gasteiger partial charge is 0.176 e. The number of tetrazole rings is 1. The second kappa shape index (κ2) is 7.61. The van der Waals surface area contributed by atoms with Crippen molar-refractivity contribution in [2.24, 2.45) is 0 Å². The first-order chi connectivity index (χ1) is 13.2. The van der Waals surface area contributed by atoms with Crippen LogP contribution in [0.25, 0.3) is 5.69 Å². The predicted molar refractivity (Wildman–Crippen MR) is 107 cm³/mol. The van der Waals surface area contributed by atoms with E-state index in [0.717, 1.165) is 30.9 Å². The molecule has 0 bridgehead atoms. The lowest BCUT2D eigenvalue weighted by Gasteiger charge is -2.29. The maximum absolute atomic E-state index is 4.46. The Balaban J connectivity index is 1.63.